The molecule has 1 aromatic rings. The van der Waals surface area contributed by atoms with E-state index in [4.69, 9.17) is 16.3 Å². The number of hydrogen-bond donors (Lipinski definition) is 1. The molecule has 8 heteroatoms. The molecular formula is C26H38ClN3O4. The number of esters is 1. The van der Waals surface area contributed by atoms with Gasteiger partial charge in [-0.25, -0.2) is 0 Å². The number of benzene rings is 1. The first-order valence-electron chi connectivity index (χ1n) is 12.5. The van der Waals surface area contributed by atoms with Crippen LogP contribution in [0.4, 0.5) is 0 Å². The monoisotopic (exact) mass is 491 g/mol. The highest BCUT2D eigenvalue weighted by molar-refractivity contribution is 6.30. The van der Waals surface area contributed by atoms with Crippen LogP contribution < -0.4 is 5.32 Å². The number of ether oxygens (including phenoxy) is 1. The third-order valence-electron chi connectivity index (χ3n) is 6.96. The Morgan fingerprint density at radius 1 is 1.09 bits per heavy atom. The van der Waals surface area contributed by atoms with Crippen LogP contribution in [0.3, 0.4) is 0 Å². The second kappa shape index (κ2) is 12.5. The largest absolute Gasteiger partial charge is 0.468 e. The van der Waals surface area contributed by atoms with Crippen molar-refractivity contribution in [1.82, 2.24) is 15.1 Å². The van der Waals surface area contributed by atoms with Gasteiger partial charge in [-0.15, -0.1) is 0 Å². The van der Waals surface area contributed by atoms with Gasteiger partial charge in [0, 0.05) is 30.1 Å². The van der Waals surface area contributed by atoms with Crippen LogP contribution in [0.2, 0.25) is 5.02 Å². The molecule has 1 N–H and O–H groups in total. The summed E-state index contributed by atoms with van der Waals surface area (Å²) in [7, 11) is 1.33. The van der Waals surface area contributed by atoms with Gasteiger partial charge < -0.3 is 14.5 Å². The molecule has 2 aliphatic rings. The minimum atomic E-state index is -0.567. The zero-order chi connectivity index (χ0) is 24.7. The zero-order valence-corrected chi connectivity index (χ0v) is 21.4. The molecule has 1 aromatic carbocycles. The summed E-state index contributed by atoms with van der Waals surface area (Å²) in [6, 6.07) is 7.12. The van der Waals surface area contributed by atoms with Crippen LogP contribution in [0.25, 0.3) is 0 Å². The van der Waals surface area contributed by atoms with E-state index in [0.29, 0.717) is 24.5 Å². The van der Waals surface area contributed by atoms with E-state index in [1.165, 1.54) is 13.5 Å². The summed E-state index contributed by atoms with van der Waals surface area (Å²) in [6.07, 6.45) is 6.85. The highest BCUT2D eigenvalue weighted by Crippen LogP contribution is 2.29. The lowest BCUT2D eigenvalue weighted by Crippen LogP contribution is -2.52. The molecule has 0 radical (unpaired) electrons. The number of halogens is 1. The molecule has 1 aliphatic carbocycles. The molecule has 0 bridgehead atoms. The van der Waals surface area contributed by atoms with Gasteiger partial charge >= 0.3 is 5.97 Å². The molecule has 3 rings (SSSR count). The number of nitrogens with zero attached hydrogens (tertiary/aromatic N) is 2. The molecule has 1 heterocycles. The minimum Gasteiger partial charge on any atom is -0.468 e. The average Bonchev–Trinajstić information content (AvgIpc) is 3.32. The van der Waals surface area contributed by atoms with E-state index < -0.39 is 12.0 Å². The molecule has 1 saturated heterocycles. The fraction of sp³-hybridized carbons (Fsp3) is 0.654. The van der Waals surface area contributed by atoms with Crippen molar-refractivity contribution in [2.45, 2.75) is 76.9 Å². The first-order chi connectivity index (χ1) is 16.3. The predicted octanol–water partition coefficient (Wildman–Crippen LogP) is 3.43. The van der Waals surface area contributed by atoms with Crippen LogP contribution >= 0.6 is 11.6 Å². The van der Waals surface area contributed by atoms with Gasteiger partial charge in [0.25, 0.3) is 0 Å². The number of methoxy groups -OCH3 is 1. The van der Waals surface area contributed by atoms with Crippen molar-refractivity contribution < 1.29 is 19.1 Å². The van der Waals surface area contributed by atoms with Gasteiger partial charge in [-0.2, -0.15) is 0 Å². The fourth-order valence-corrected chi connectivity index (χ4v) is 5.21. The number of likely N-dealkylation sites (tertiary alicyclic amines) is 1. The second-order valence-electron chi connectivity index (χ2n) is 9.76. The maximum absolute atomic E-state index is 13.5. The molecule has 34 heavy (non-hydrogen) atoms. The summed E-state index contributed by atoms with van der Waals surface area (Å²) in [6.45, 7) is 5.00. The summed E-state index contributed by atoms with van der Waals surface area (Å²) in [5.41, 5.74) is 0.953. The lowest BCUT2D eigenvalue weighted by Gasteiger charge is -2.39. The number of nitrogens with one attached hydrogen (secondary N) is 1. The van der Waals surface area contributed by atoms with E-state index >= 15 is 0 Å². The Kier molecular flexibility index (Phi) is 9.77. The van der Waals surface area contributed by atoms with Gasteiger partial charge in [-0.05, 0) is 43.4 Å². The van der Waals surface area contributed by atoms with Crippen molar-refractivity contribution in [3.63, 3.8) is 0 Å². The number of hydrogen-bond acceptors (Lipinski definition) is 5. The van der Waals surface area contributed by atoms with E-state index in [2.05, 4.69) is 10.2 Å². The van der Waals surface area contributed by atoms with E-state index in [-0.39, 0.29) is 36.4 Å². The normalized spacial score (nSPS) is 19.8. The molecule has 0 aromatic heterocycles. The SMILES string of the molecule is COC(=O)CNC(Cc1ccc(Cl)cc1)C(=O)N1CCC(N(C(=O)C(C)C)C2CCCCC2)C1. The quantitative estimate of drug-likeness (QED) is 0.535. The van der Waals surface area contributed by atoms with Crippen LogP contribution in [0.5, 0.6) is 0 Å². The van der Waals surface area contributed by atoms with Gasteiger partial charge in [0.05, 0.1) is 25.7 Å². The highest BCUT2D eigenvalue weighted by Gasteiger charge is 2.39. The fourth-order valence-electron chi connectivity index (χ4n) is 5.09. The maximum Gasteiger partial charge on any atom is 0.319 e. The summed E-state index contributed by atoms with van der Waals surface area (Å²) < 4.78 is 4.75. The van der Waals surface area contributed by atoms with Gasteiger partial charge in [0.1, 0.15) is 0 Å². The Labute approximate surface area is 208 Å². The van der Waals surface area contributed by atoms with Crippen LogP contribution in [0, 0.1) is 5.92 Å². The molecule has 1 aliphatic heterocycles. The lowest BCUT2D eigenvalue weighted by atomic mass is 9.92. The van der Waals surface area contributed by atoms with E-state index in [9.17, 15) is 14.4 Å². The number of carbonyl (C=O) groups is 3. The second-order valence-corrected chi connectivity index (χ2v) is 10.2. The smallest absolute Gasteiger partial charge is 0.319 e. The number of rotatable bonds is 9. The molecule has 188 valence electrons. The van der Waals surface area contributed by atoms with Crippen LogP contribution in [-0.4, -0.2) is 72.5 Å². The first-order valence-corrected chi connectivity index (χ1v) is 12.8. The minimum absolute atomic E-state index is 0.0405. The van der Waals surface area contributed by atoms with Crippen molar-refractivity contribution in [2.75, 3.05) is 26.7 Å². The van der Waals surface area contributed by atoms with Crippen molar-refractivity contribution in [3.05, 3.63) is 34.9 Å². The molecule has 0 spiro atoms. The topological polar surface area (TPSA) is 79.0 Å². The zero-order valence-electron chi connectivity index (χ0n) is 20.6. The van der Waals surface area contributed by atoms with E-state index in [1.807, 2.05) is 30.9 Å². The van der Waals surface area contributed by atoms with Crippen LogP contribution in [0.1, 0.15) is 57.9 Å². The van der Waals surface area contributed by atoms with Gasteiger partial charge in [-0.1, -0.05) is 56.8 Å². The van der Waals surface area contributed by atoms with Crippen molar-refractivity contribution >= 4 is 29.4 Å². The molecule has 7 nitrogen and oxygen atoms in total. The molecular weight excluding hydrogens is 454 g/mol. The lowest BCUT2D eigenvalue weighted by molar-refractivity contribution is -0.142. The third kappa shape index (κ3) is 6.95. The Morgan fingerprint density at radius 3 is 2.38 bits per heavy atom. The molecule has 2 unspecified atom stereocenters. The van der Waals surface area contributed by atoms with Crippen LogP contribution in [-0.2, 0) is 25.5 Å². The Bertz CT molecular complexity index is 839. The van der Waals surface area contributed by atoms with Gasteiger partial charge in [0.2, 0.25) is 11.8 Å². The Morgan fingerprint density at radius 2 is 1.76 bits per heavy atom. The van der Waals surface area contributed by atoms with Gasteiger partial charge in [0.15, 0.2) is 0 Å². The average molecular weight is 492 g/mol. The highest BCUT2D eigenvalue weighted by atomic mass is 35.5. The maximum atomic E-state index is 13.5. The first kappa shape index (κ1) is 26.5. The third-order valence-corrected chi connectivity index (χ3v) is 7.21. The summed E-state index contributed by atoms with van der Waals surface area (Å²) in [5.74, 6) is -0.347. The van der Waals surface area contributed by atoms with Crippen LogP contribution in [0.15, 0.2) is 24.3 Å². The predicted molar refractivity (Wildman–Crippen MR) is 133 cm³/mol. The van der Waals surface area contributed by atoms with Crippen molar-refractivity contribution in [1.29, 1.82) is 0 Å². The van der Waals surface area contributed by atoms with E-state index in [0.717, 1.165) is 37.7 Å². The summed E-state index contributed by atoms with van der Waals surface area (Å²) in [5, 5.41) is 3.71. The number of carbonyl (C=O) groups excluding carboxylic acids is 3. The molecule has 2 fully saturated rings. The van der Waals surface area contributed by atoms with Crippen molar-refractivity contribution in [3.8, 4) is 0 Å². The number of amides is 2. The van der Waals surface area contributed by atoms with Crippen molar-refractivity contribution in [2.24, 2.45) is 5.92 Å². The van der Waals surface area contributed by atoms with E-state index in [1.54, 1.807) is 12.1 Å². The standard InChI is InChI=1S/C26H38ClN3O4/c1-18(2)25(32)30(21-7-5-4-6-8-21)22-13-14-29(17-22)26(33)23(28-16-24(31)34-3)15-19-9-11-20(27)12-10-19/h9-12,18,21-23,28H,4-8,13-17H2,1-3H3. The van der Waals surface area contributed by atoms with Gasteiger partial charge in [-0.3, -0.25) is 19.7 Å². The molecule has 2 atom stereocenters. The Hall–Kier alpha value is -2.12. The summed E-state index contributed by atoms with van der Waals surface area (Å²) >= 11 is 6.01. The molecule has 2 amide bonds. The summed E-state index contributed by atoms with van der Waals surface area (Å²) in [4.78, 5) is 42.4. The Balaban J connectivity index is 1.72. The molecule has 1 saturated carbocycles.